The average molecular weight is 389 g/mol. The van der Waals surface area contributed by atoms with Gasteiger partial charge in [0.25, 0.3) is 0 Å². The van der Waals surface area contributed by atoms with Crippen LogP contribution in [0.2, 0.25) is 0 Å². The smallest absolute Gasteiger partial charge is 0.237 e. The molecular formula is C21H32N4O3. The minimum Gasteiger partial charge on any atom is -0.378 e. The van der Waals surface area contributed by atoms with Crippen LogP contribution in [0.15, 0.2) is 24.3 Å². The Morgan fingerprint density at radius 1 is 1.04 bits per heavy atom. The molecule has 1 unspecified atom stereocenters. The third kappa shape index (κ3) is 5.77. The Morgan fingerprint density at radius 2 is 1.68 bits per heavy atom. The number of carbonyl (C=O) groups excluding carboxylic acids is 2. The third-order valence-corrected chi connectivity index (χ3v) is 5.64. The van der Waals surface area contributed by atoms with Crippen molar-refractivity contribution in [1.82, 2.24) is 20.0 Å². The number of carbonyl (C=O) groups is 2. The van der Waals surface area contributed by atoms with Crippen molar-refractivity contribution in [3.63, 3.8) is 0 Å². The standard InChI is InChI=1S/C21H32N4O3/c1-17-3-5-19(6-4-17)15-22-21(27)18(2)24-9-7-23(8-10-24)16-20(26)25-11-13-28-14-12-25/h3-6,18H,7-16H2,1-2H3,(H,22,27). The van der Waals surface area contributed by atoms with Crippen LogP contribution >= 0.6 is 0 Å². The lowest BCUT2D eigenvalue weighted by molar-refractivity contribution is -0.137. The molecule has 2 aliphatic heterocycles. The average Bonchev–Trinajstić information content (AvgIpc) is 2.73. The molecule has 0 bridgehead atoms. The molecule has 1 aromatic rings. The molecule has 2 amide bonds. The van der Waals surface area contributed by atoms with Gasteiger partial charge in [0.2, 0.25) is 11.8 Å². The summed E-state index contributed by atoms with van der Waals surface area (Å²) in [6.45, 7) is 10.9. The molecule has 0 aliphatic carbocycles. The highest BCUT2D eigenvalue weighted by atomic mass is 16.5. The highest BCUT2D eigenvalue weighted by Crippen LogP contribution is 2.09. The zero-order valence-corrected chi connectivity index (χ0v) is 17.0. The van der Waals surface area contributed by atoms with Crippen molar-refractivity contribution >= 4 is 11.8 Å². The normalized spacial score (nSPS) is 20.0. The fourth-order valence-electron chi connectivity index (χ4n) is 3.62. The lowest BCUT2D eigenvalue weighted by Crippen LogP contribution is -2.55. The maximum Gasteiger partial charge on any atom is 0.237 e. The maximum absolute atomic E-state index is 12.5. The topological polar surface area (TPSA) is 65.1 Å². The largest absolute Gasteiger partial charge is 0.378 e. The van der Waals surface area contributed by atoms with Crippen LogP contribution in [-0.2, 0) is 20.9 Å². The summed E-state index contributed by atoms with van der Waals surface area (Å²) in [6.07, 6.45) is 0. The molecule has 1 atom stereocenters. The van der Waals surface area contributed by atoms with Crippen LogP contribution in [0, 0.1) is 6.92 Å². The zero-order valence-electron chi connectivity index (χ0n) is 17.0. The number of aryl methyl sites for hydroxylation is 1. The fourth-order valence-corrected chi connectivity index (χ4v) is 3.62. The van der Waals surface area contributed by atoms with Crippen LogP contribution in [0.5, 0.6) is 0 Å². The van der Waals surface area contributed by atoms with Gasteiger partial charge >= 0.3 is 0 Å². The van der Waals surface area contributed by atoms with Crippen LogP contribution in [0.1, 0.15) is 18.1 Å². The van der Waals surface area contributed by atoms with E-state index in [4.69, 9.17) is 4.74 Å². The Morgan fingerprint density at radius 3 is 2.32 bits per heavy atom. The van der Waals surface area contributed by atoms with E-state index in [0.29, 0.717) is 39.4 Å². The molecule has 2 fully saturated rings. The summed E-state index contributed by atoms with van der Waals surface area (Å²) in [6, 6.07) is 8.04. The third-order valence-electron chi connectivity index (χ3n) is 5.64. The van der Waals surface area contributed by atoms with Crippen molar-refractivity contribution in [2.75, 3.05) is 59.0 Å². The molecule has 2 aliphatic rings. The number of benzene rings is 1. The Balaban J connectivity index is 1.39. The molecule has 0 saturated carbocycles. The molecule has 0 aromatic heterocycles. The summed E-state index contributed by atoms with van der Waals surface area (Å²) in [4.78, 5) is 31.2. The Kier molecular flexibility index (Phi) is 7.42. The van der Waals surface area contributed by atoms with E-state index in [1.165, 1.54) is 5.56 Å². The summed E-state index contributed by atoms with van der Waals surface area (Å²) in [5.41, 5.74) is 2.33. The predicted octanol–water partition coefficient (Wildman–Crippen LogP) is 0.476. The molecule has 28 heavy (non-hydrogen) atoms. The maximum atomic E-state index is 12.5. The van der Waals surface area contributed by atoms with E-state index in [0.717, 1.165) is 31.7 Å². The zero-order chi connectivity index (χ0) is 19.9. The van der Waals surface area contributed by atoms with Crippen LogP contribution in [0.3, 0.4) is 0 Å². The molecule has 7 nitrogen and oxygen atoms in total. The molecular weight excluding hydrogens is 356 g/mol. The lowest BCUT2D eigenvalue weighted by Gasteiger charge is -2.38. The second-order valence-corrected chi connectivity index (χ2v) is 7.68. The van der Waals surface area contributed by atoms with E-state index in [1.54, 1.807) is 0 Å². The number of morpholine rings is 1. The van der Waals surface area contributed by atoms with Crippen LogP contribution in [0.4, 0.5) is 0 Å². The summed E-state index contributed by atoms with van der Waals surface area (Å²) >= 11 is 0. The Bertz CT molecular complexity index is 650. The van der Waals surface area contributed by atoms with Crippen molar-refractivity contribution in [3.05, 3.63) is 35.4 Å². The van der Waals surface area contributed by atoms with E-state index in [-0.39, 0.29) is 17.9 Å². The number of nitrogens with zero attached hydrogens (tertiary/aromatic N) is 3. The van der Waals surface area contributed by atoms with Crippen LogP contribution in [0.25, 0.3) is 0 Å². The van der Waals surface area contributed by atoms with Gasteiger partial charge in [-0.1, -0.05) is 29.8 Å². The van der Waals surface area contributed by atoms with E-state index in [1.807, 2.05) is 24.0 Å². The number of piperazine rings is 1. The molecule has 0 radical (unpaired) electrons. The van der Waals surface area contributed by atoms with Crippen molar-refractivity contribution < 1.29 is 14.3 Å². The summed E-state index contributed by atoms with van der Waals surface area (Å²) < 4.78 is 5.30. The quantitative estimate of drug-likeness (QED) is 0.768. The van der Waals surface area contributed by atoms with Gasteiger partial charge in [0.15, 0.2) is 0 Å². The first-order valence-electron chi connectivity index (χ1n) is 10.2. The Labute approximate surface area is 167 Å². The van der Waals surface area contributed by atoms with E-state index < -0.39 is 0 Å². The number of ether oxygens (including phenoxy) is 1. The molecule has 7 heteroatoms. The lowest BCUT2D eigenvalue weighted by atomic mass is 10.1. The van der Waals surface area contributed by atoms with Gasteiger partial charge < -0.3 is 15.0 Å². The van der Waals surface area contributed by atoms with Gasteiger partial charge in [0.1, 0.15) is 0 Å². The molecule has 3 rings (SSSR count). The predicted molar refractivity (Wildman–Crippen MR) is 108 cm³/mol. The van der Waals surface area contributed by atoms with Crippen molar-refractivity contribution in [2.45, 2.75) is 26.4 Å². The van der Waals surface area contributed by atoms with E-state index in [2.05, 4.69) is 34.2 Å². The SMILES string of the molecule is Cc1ccc(CNC(=O)C(C)N2CCN(CC(=O)N3CCOCC3)CC2)cc1. The van der Waals surface area contributed by atoms with Gasteiger partial charge in [-0.05, 0) is 19.4 Å². The Hall–Kier alpha value is -1.96. The van der Waals surface area contributed by atoms with Gasteiger partial charge in [-0.15, -0.1) is 0 Å². The van der Waals surface area contributed by atoms with E-state index >= 15 is 0 Å². The summed E-state index contributed by atoms with van der Waals surface area (Å²) in [5, 5.41) is 3.04. The molecule has 1 N–H and O–H groups in total. The number of hydrogen-bond acceptors (Lipinski definition) is 5. The second kappa shape index (κ2) is 10.0. The molecule has 1 aromatic carbocycles. The van der Waals surface area contributed by atoms with Gasteiger partial charge in [0.05, 0.1) is 25.8 Å². The molecule has 0 spiro atoms. The fraction of sp³-hybridized carbons (Fsp3) is 0.619. The molecule has 2 saturated heterocycles. The minimum atomic E-state index is -0.164. The van der Waals surface area contributed by atoms with Gasteiger partial charge in [-0.2, -0.15) is 0 Å². The van der Waals surface area contributed by atoms with Gasteiger partial charge in [-0.25, -0.2) is 0 Å². The highest BCUT2D eigenvalue weighted by molar-refractivity contribution is 5.81. The minimum absolute atomic E-state index is 0.0541. The number of amides is 2. The first-order chi connectivity index (χ1) is 13.5. The molecule has 154 valence electrons. The number of rotatable bonds is 6. The summed E-state index contributed by atoms with van der Waals surface area (Å²) in [7, 11) is 0. The van der Waals surface area contributed by atoms with Crippen molar-refractivity contribution in [2.24, 2.45) is 0 Å². The second-order valence-electron chi connectivity index (χ2n) is 7.68. The monoisotopic (exact) mass is 388 g/mol. The van der Waals surface area contributed by atoms with Crippen molar-refractivity contribution in [3.8, 4) is 0 Å². The van der Waals surface area contributed by atoms with Gasteiger partial charge in [-0.3, -0.25) is 19.4 Å². The van der Waals surface area contributed by atoms with Crippen LogP contribution < -0.4 is 5.32 Å². The number of hydrogen-bond donors (Lipinski definition) is 1. The molecule has 2 heterocycles. The number of nitrogens with one attached hydrogen (secondary N) is 1. The van der Waals surface area contributed by atoms with Crippen LogP contribution in [-0.4, -0.2) is 91.6 Å². The van der Waals surface area contributed by atoms with Crippen molar-refractivity contribution in [1.29, 1.82) is 0 Å². The summed E-state index contributed by atoms with van der Waals surface area (Å²) in [5.74, 6) is 0.235. The van der Waals surface area contributed by atoms with E-state index in [9.17, 15) is 9.59 Å². The highest BCUT2D eigenvalue weighted by Gasteiger charge is 2.27. The first-order valence-corrected chi connectivity index (χ1v) is 10.2. The van der Waals surface area contributed by atoms with Gasteiger partial charge in [0, 0.05) is 45.8 Å². The first kappa shape index (κ1) is 20.8.